The van der Waals surface area contributed by atoms with Gasteiger partial charge in [0.2, 0.25) is 0 Å². The molecule has 2 aromatic heterocycles. The highest BCUT2D eigenvalue weighted by Crippen LogP contribution is 2.20. The summed E-state index contributed by atoms with van der Waals surface area (Å²) >= 11 is 6.23. The molecular weight excluding hydrogens is 388 g/mol. The van der Waals surface area contributed by atoms with Gasteiger partial charge in [-0.2, -0.15) is 10.2 Å². The molecule has 0 radical (unpaired) electrons. The molecule has 1 aliphatic rings. The Hall–Kier alpha value is -2.64. The molecule has 1 saturated heterocycles. The first-order valence-electron chi connectivity index (χ1n) is 9.74. The zero-order chi connectivity index (χ0) is 20.5. The van der Waals surface area contributed by atoms with Crippen molar-refractivity contribution < 1.29 is 4.79 Å². The van der Waals surface area contributed by atoms with Crippen molar-refractivity contribution in [2.45, 2.75) is 20.4 Å². The van der Waals surface area contributed by atoms with Crippen LogP contribution in [-0.4, -0.2) is 61.4 Å². The fourth-order valence-electron chi connectivity index (χ4n) is 3.76. The average molecular weight is 413 g/mol. The van der Waals surface area contributed by atoms with E-state index in [1.807, 2.05) is 40.9 Å². The number of hydrogen-bond acceptors (Lipinski definition) is 4. The molecule has 0 N–H and O–H groups in total. The van der Waals surface area contributed by atoms with Crippen LogP contribution < -0.4 is 0 Å². The first kappa shape index (κ1) is 19.7. The Balaban J connectivity index is 1.39. The van der Waals surface area contributed by atoms with Crippen LogP contribution in [0.2, 0.25) is 5.02 Å². The number of halogens is 1. The molecule has 1 amide bonds. The molecule has 0 saturated carbocycles. The molecule has 3 aromatic rings. The highest BCUT2D eigenvalue weighted by atomic mass is 35.5. The number of piperazine rings is 1. The molecule has 1 fully saturated rings. The van der Waals surface area contributed by atoms with E-state index in [0.717, 1.165) is 31.0 Å². The molecule has 0 aliphatic carbocycles. The number of benzene rings is 1. The quantitative estimate of drug-likeness (QED) is 0.661. The number of aryl methyl sites for hydroxylation is 2. The van der Waals surface area contributed by atoms with Gasteiger partial charge in [0.15, 0.2) is 0 Å². The normalized spacial score (nSPS) is 15.1. The Labute approximate surface area is 175 Å². The van der Waals surface area contributed by atoms with Gasteiger partial charge in [-0.15, -0.1) is 0 Å². The third-order valence-corrected chi connectivity index (χ3v) is 5.95. The zero-order valence-corrected chi connectivity index (χ0v) is 17.7. The SMILES string of the molecule is Cc1nn(C)c(C)c1CN1CCN(C(=O)c2cnn(-c3ccccc3Cl)c2)CC1. The predicted molar refractivity (Wildman–Crippen MR) is 112 cm³/mol. The number of amides is 1. The van der Waals surface area contributed by atoms with E-state index in [9.17, 15) is 4.79 Å². The second kappa shape index (κ2) is 8.00. The van der Waals surface area contributed by atoms with Crippen LogP contribution in [0.5, 0.6) is 0 Å². The Bertz CT molecular complexity index is 1030. The molecular formula is C21H25ClN6O. The van der Waals surface area contributed by atoms with Gasteiger partial charge in [0.25, 0.3) is 5.91 Å². The number of hydrogen-bond donors (Lipinski definition) is 0. The van der Waals surface area contributed by atoms with E-state index in [4.69, 9.17) is 11.6 Å². The molecule has 0 atom stereocenters. The minimum absolute atomic E-state index is 0.0108. The average Bonchev–Trinajstić information content (AvgIpc) is 3.29. The van der Waals surface area contributed by atoms with E-state index in [1.54, 1.807) is 17.1 Å². The molecule has 29 heavy (non-hydrogen) atoms. The van der Waals surface area contributed by atoms with Crippen LogP contribution in [0.25, 0.3) is 5.69 Å². The summed E-state index contributed by atoms with van der Waals surface area (Å²) in [6.45, 7) is 8.13. The van der Waals surface area contributed by atoms with Crippen molar-refractivity contribution in [3.05, 3.63) is 64.2 Å². The summed E-state index contributed by atoms with van der Waals surface area (Å²) < 4.78 is 3.58. The maximum atomic E-state index is 12.9. The molecule has 4 rings (SSSR count). The van der Waals surface area contributed by atoms with Crippen molar-refractivity contribution in [2.24, 2.45) is 7.05 Å². The lowest BCUT2D eigenvalue weighted by molar-refractivity contribution is 0.0628. The summed E-state index contributed by atoms with van der Waals surface area (Å²) in [5, 5.41) is 9.42. The lowest BCUT2D eigenvalue weighted by Crippen LogP contribution is -2.48. The second-order valence-corrected chi connectivity index (χ2v) is 7.87. The minimum atomic E-state index is 0.0108. The Morgan fingerprint density at radius 1 is 1.14 bits per heavy atom. The highest BCUT2D eigenvalue weighted by molar-refractivity contribution is 6.32. The summed E-state index contributed by atoms with van der Waals surface area (Å²) in [6.07, 6.45) is 3.36. The van der Waals surface area contributed by atoms with Gasteiger partial charge >= 0.3 is 0 Å². The van der Waals surface area contributed by atoms with Crippen LogP contribution in [0, 0.1) is 13.8 Å². The number of rotatable bonds is 4. The van der Waals surface area contributed by atoms with Gasteiger partial charge in [-0.05, 0) is 26.0 Å². The molecule has 7 nitrogen and oxygen atoms in total. The molecule has 0 bridgehead atoms. The van der Waals surface area contributed by atoms with Crippen LogP contribution in [-0.2, 0) is 13.6 Å². The fourth-order valence-corrected chi connectivity index (χ4v) is 3.99. The van der Waals surface area contributed by atoms with Gasteiger partial charge in [-0.1, -0.05) is 23.7 Å². The lowest BCUT2D eigenvalue weighted by atomic mass is 10.1. The van der Waals surface area contributed by atoms with Crippen LogP contribution in [0.4, 0.5) is 0 Å². The molecule has 1 aliphatic heterocycles. The number of carbonyl (C=O) groups excluding carboxylic acids is 1. The lowest BCUT2D eigenvalue weighted by Gasteiger charge is -2.34. The smallest absolute Gasteiger partial charge is 0.257 e. The van der Waals surface area contributed by atoms with E-state index in [1.165, 1.54) is 11.3 Å². The maximum absolute atomic E-state index is 12.9. The fraction of sp³-hybridized carbons (Fsp3) is 0.381. The first-order valence-corrected chi connectivity index (χ1v) is 10.1. The van der Waals surface area contributed by atoms with Gasteiger partial charge in [-0.25, -0.2) is 4.68 Å². The van der Waals surface area contributed by atoms with Crippen molar-refractivity contribution in [1.29, 1.82) is 0 Å². The molecule has 0 unspecified atom stereocenters. The van der Waals surface area contributed by atoms with Crippen LogP contribution in [0.3, 0.4) is 0 Å². The zero-order valence-electron chi connectivity index (χ0n) is 17.0. The van der Waals surface area contributed by atoms with E-state index in [2.05, 4.69) is 28.9 Å². The van der Waals surface area contributed by atoms with Gasteiger partial charge in [-0.3, -0.25) is 14.4 Å². The highest BCUT2D eigenvalue weighted by Gasteiger charge is 2.24. The standard InChI is InChI=1S/C21H25ClN6O/c1-15-18(16(2)25(3)24-15)14-26-8-10-27(11-9-26)21(29)17-12-23-28(13-17)20-7-5-4-6-19(20)22/h4-7,12-13H,8-11,14H2,1-3H3. The van der Waals surface area contributed by atoms with E-state index >= 15 is 0 Å². The van der Waals surface area contributed by atoms with Crippen LogP contribution >= 0.6 is 11.6 Å². The van der Waals surface area contributed by atoms with Gasteiger partial charge in [0.05, 0.1) is 28.2 Å². The Kier molecular flexibility index (Phi) is 5.43. The van der Waals surface area contributed by atoms with Gasteiger partial charge in [0.1, 0.15) is 0 Å². The second-order valence-electron chi connectivity index (χ2n) is 7.47. The molecule has 8 heteroatoms. The predicted octanol–water partition coefficient (Wildman–Crippen LogP) is 2.83. The molecule has 152 valence electrons. The number of aromatic nitrogens is 4. The van der Waals surface area contributed by atoms with E-state index in [0.29, 0.717) is 23.7 Å². The maximum Gasteiger partial charge on any atom is 0.257 e. The van der Waals surface area contributed by atoms with Gasteiger partial charge in [0, 0.05) is 57.2 Å². The molecule has 0 spiro atoms. The Morgan fingerprint density at radius 3 is 2.52 bits per heavy atom. The monoisotopic (exact) mass is 412 g/mol. The van der Waals surface area contributed by atoms with Crippen molar-refractivity contribution in [3.63, 3.8) is 0 Å². The molecule has 3 heterocycles. The van der Waals surface area contributed by atoms with E-state index in [-0.39, 0.29) is 5.91 Å². The summed E-state index contributed by atoms with van der Waals surface area (Å²) in [6, 6.07) is 7.46. The summed E-state index contributed by atoms with van der Waals surface area (Å²) in [7, 11) is 1.98. The summed E-state index contributed by atoms with van der Waals surface area (Å²) in [5.74, 6) is 0.0108. The van der Waals surface area contributed by atoms with Crippen molar-refractivity contribution >= 4 is 17.5 Å². The molecule has 1 aromatic carbocycles. The summed E-state index contributed by atoms with van der Waals surface area (Å²) in [5.41, 5.74) is 4.91. The number of carbonyl (C=O) groups is 1. The third-order valence-electron chi connectivity index (χ3n) is 5.63. The third kappa shape index (κ3) is 3.93. The van der Waals surface area contributed by atoms with Crippen molar-refractivity contribution in [1.82, 2.24) is 29.4 Å². The number of para-hydroxylation sites is 1. The minimum Gasteiger partial charge on any atom is -0.336 e. The van der Waals surface area contributed by atoms with Crippen LogP contribution in [0.1, 0.15) is 27.3 Å². The summed E-state index contributed by atoms with van der Waals surface area (Å²) in [4.78, 5) is 17.2. The largest absolute Gasteiger partial charge is 0.336 e. The topological polar surface area (TPSA) is 59.2 Å². The van der Waals surface area contributed by atoms with Crippen molar-refractivity contribution in [2.75, 3.05) is 26.2 Å². The van der Waals surface area contributed by atoms with Crippen molar-refractivity contribution in [3.8, 4) is 5.69 Å². The Morgan fingerprint density at radius 2 is 1.86 bits per heavy atom. The van der Waals surface area contributed by atoms with Gasteiger partial charge < -0.3 is 4.90 Å². The van der Waals surface area contributed by atoms with Crippen LogP contribution in [0.15, 0.2) is 36.7 Å². The first-order chi connectivity index (χ1) is 13.9. The number of nitrogens with zero attached hydrogens (tertiary/aromatic N) is 6. The van der Waals surface area contributed by atoms with E-state index < -0.39 is 0 Å².